The second-order valence-corrected chi connectivity index (χ2v) is 8.10. The zero-order valence-corrected chi connectivity index (χ0v) is 18.4. The van der Waals surface area contributed by atoms with Crippen molar-refractivity contribution in [1.29, 1.82) is 0 Å². The van der Waals surface area contributed by atoms with Crippen molar-refractivity contribution in [3.8, 4) is 17.2 Å². The quantitative estimate of drug-likeness (QED) is 0.606. The lowest BCUT2D eigenvalue weighted by Gasteiger charge is -2.28. The summed E-state index contributed by atoms with van der Waals surface area (Å²) < 4.78 is 59.1. The van der Waals surface area contributed by atoms with Crippen molar-refractivity contribution in [2.45, 2.75) is 37.8 Å². The van der Waals surface area contributed by atoms with Gasteiger partial charge in [-0.05, 0) is 42.7 Å². The molecular formula is C22H20ClF3N2O6. The molecule has 0 radical (unpaired) electrons. The maximum atomic E-state index is 13.4. The molecule has 1 fully saturated rings. The van der Waals surface area contributed by atoms with E-state index in [9.17, 15) is 22.8 Å². The average molecular weight is 501 g/mol. The molecule has 1 saturated heterocycles. The topological polar surface area (TPSA) is 95.1 Å². The number of rotatable bonds is 7. The molecule has 0 unspecified atom stereocenters. The van der Waals surface area contributed by atoms with Gasteiger partial charge in [0.05, 0.1) is 17.7 Å². The fourth-order valence-electron chi connectivity index (χ4n) is 3.46. The van der Waals surface area contributed by atoms with Crippen LogP contribution in [-0.2, 0) is 20.9 Å². The fourth-order valence-corrected chi connectivity index (χ4v) is 3.58. The van der Waals surface area contributed by atoms with Crippen LogP contribution in [0.3, 0.4) is 0 Å². The Balaban J connectivity index is 1.17. The number of carbonyl (C=O) groups is 2. The van der Waals surface area contributed by atoms with Gasteiger partial charge in [0.15, 0.2) is 18.1 Å². The Morgan fingerprint density at radius 3 is 2.65 bits per heavy atom. The van der Waals surface area contributed by atoms with Crippen molar-refractivity contribution in [3.63, 3.8) is 0 Å². The average Bonchev–Trinajstić information content (AvgIpc) is 3.11. The molecular weight excluding hydrogens is 481 g/mol. The molecule has 182 valence electrons. The highest BCUT2D eigenvalue weighted by Gasteiger charge is 2.43. The molecule has 2 heterocycles. The lowest BCUT2D eigenvalue weighted by molar-refractivity contribution is -0.286. The molecule has 0 aromatic heterocycles. The number of nitrogens with one attached hydrogen (secondary N) is 2. The van der Waals surface area contributed by atoms with Crippen molar-refractivity contribution in [3.05, 3.63) is 52.8 Å². The van der Waals surface area contributed by atoms with Crippen LogP contribution in [0.15, 0.2) is 36.4 Å². The Bertz CT molecular complexity index is 1080. The third kappa shape index (κ3) is 6.03. The molecule has 2 aliphatic rings. The molecule has 8 nitrogen and oxygen atoms in total. The first-order valence-corrected chi connectivity index (χ1v) is 10.7. The Morgan fingerprint density at radius 2 is 1.91 bits per heavy atom. The second kappa shape index (κ2) is 9.98. The minimum Gasteiger partial charge on any atom is -0.484 e. The summed E-state index contributed by atoms with van der Waals surface area (Å²) in [5.74, 6) is -1.43. The maximum absolute atomic E-state index is 13.4. The van der Waals surface area contributed by atoms with Crippen LogP contribution in [0.25, 0.3) is 0 Å². The molecule has 2 N–H and O–H groups in total. The standard InChI is InChI=1S/C22H20ClF3N2O6/c23-15-4-3-14(8-16(15)24)31-11-20(29)28-13-2-6-18(32-10-13)21(30)27-9-12-1-5-17-19(7-12)34-22(25,26)33-17/h1,3-5,7-8,13,18H,2,6,9-11H2,(H,27,30)(H,28,29)/t13-,18+/m1/s1. The third-order valence-corrected chi connectivity index (χ3v) is 5.43. The van der Waals surface area contributed by atoms with Gasteiger partial charge >= 0.3 is 6.29 Å². The van der Waals surface area contributed by atoms with Gasteiger partial charge in [-0.1, -0.05) is 17.7 Å². The van der Waals surface area contributed by atoms with Gasteiger partial charge in [-0.25, -0.2) is 4.39 Å². The number of carbonyl (C=O) groups excluding carboxylic acids is 2. The highest BCUT2D eigenvalue weighted by Crippen LogP contribution is 2.41. The van der Waals surface area contributed by atoms with Gasteiger partial charge in [0.25, 0.3) is 5.91 Å². The highest BCUT2D eigenvalue weighted by molar-refractivity contribution is 6.30. The summed E-state index contributed by atoms with van der Waals surface area (Å²) in [6.07, 6.45) is -3.54. The van der Waals surface area contributed by atoms with Crippen LogP contribution in [0.2, 0.25) is 5.02 Å². The van der Waals surface area contributed by atoms with E-state index in [1.54, 1.807) is 0 Å². The highest BCUT2D eigenvalue weighted by atomic mass is 35.5. The van der Waals surface area contributed by atoms with Crippen LogP contribution in [0.5, 0.6) is 17.2 Å². The molecule has 4 rings (SSSR count). The third-order valence-electron chi connectivity index (χ3n) is 5.13. The van der Waals surface area contributed by atoms with Gasteiger partial charge in [-0.2, -0.15) is 0 Å². The minimum absolute atomic E-state index is 0.0460. The zero-order chi connectivity index (χ0) is 24.3. The van der Waals surface area contributed by atoms with E-state index in [1.807, 2.05) is 0 Å². The van der Waals surface area contributed by atoms with E-state index in [2.05, 4.69) is 20.1 Å². The summed E-state index contributed by atoms with van der Waals surface area (Å²) in [5, 5.41) is 5.38. The summed E-state index contributed by atoms with van der Waals surface area (Å²) in [6.45, 7) is -0.106. The maximum Gasteiger partial charge on any atom is 0.586 e. The molecule has 2 amide bonds. The van der Waals surface area contributed by atoms with Gasteiger partial charge in [-0.15, -0.1) is 8.78 Å². The van der Waals surface area contributed by atoms with Gasteiger partial charge < -0.3 is 29.6 Å². The summed E-state index contributed by atoms with van der Waals surface area (Å²) >= 11 is 5.60. The largest absolute Gasteiger partial charge is 0.586 e. The first-order valence-electron chi connectivity index (χ1n) is 10.3. The summed E-state index contributed by atoms with van der Waals surface area (Å²) in [5.41, 5.74) is 0.551. The van der Waals surface area contributed by atoms with Crippen molar-refractivity contribution < 1.29 is 41.7 Å². The van der Waals surface area contributed by atoms with Crippen molar-refractivity contribution >= 4 is 23.4 Å². The Kier molecular flexibility index (Phi) is 7.03. The Morgan fingerprint density at radius 1 is 1.12 bits per heavy atom. The molecule has 0 spiro atoms. The Hall–Kier alpha value is -3.18. The number of amides is 2. The fraction of sp³-hybridized carbons (Fsp3) is 0.364. The first kappa shape index (κ1) is 24.0. The normalized spacial score (nSPS) is 20.5. The minimum atomic E-state index is -3.70. The van der Waals surface area contributed by atoms with E-state index >= 15 is 0 Å². The van der Waals surface area contributed by atoms with Gasteiger partial charge in [0, 0.05) is 12.6 Å². The Labute approximate surface area is 197 Å². The summed E-state index contributed by atoms with van der Waals surface area (Å²) in [6, 6.07) is 7.80. The van der Waals surface area contributed by atoms with Gasteiger partial charge in [-0.3, -0.25) is 9.59 Å². The van der Waals surface area contributed by atoms with Crippen LogP contribution in [0, 0.1) is 5.82 Å². The molecule has 0 bridgehead atoms. The van der Waals surface area contributed by atoms with Crippen LogP contribution in [-0.4, -0.2) is 43.5 Å². The first-order chi connectivity index (χ1) is 16.2. The van der Waals surface area contributed by atoms with E-state index in [0.717, 1.165) is 6.07 Å². The van der Waals surface area contributed by atoms with Crippen LogP contribution < -0.4 is 24.8 Å². The monoisotopic (exact) mass is 500 g/mol. The number of hydrogen-bond donors (Lipinski definition) is 2. The van der Waals surface area contributed by atoms with E-state index in [0.29, 0.717) is 18.4 Å². The molecule has 0 saturated carbocycles. The molecule has 2 aromatic carbocycles. The van der Waals surface area contributed by atoms with E-state index < -0.39 is 24.1 Å². The van der Waals surface area contributed by atoms with Crippen LogP contribution in [0.4, 0.5) is 13.2 Å². The number of benzene rings is 2. The molecule has 0 aliphatic carbocycles. The lowest BCUT2D eigenvalue weighted by Crippen LogP contribution is -2.48. The van der Waals surface area contributed by atoms with Crippen molar-refractivity contribution in [2.75, 3.05) is 13.2 Å². The van der Waals surface area contributed by atoms with Crippen molar-refractivity contribution in [2.24, 2.45) is 0 Å². The van der Waals surface area contributed by atoms with Crippen LogP contribution >= 0.6 is 11.6 Å². The number of ether oxygens (including phenoxy) is 4. The number of fused-ring (bicyclic) bond motifs is 1. The van der Waals surface area contributed by atoms with E-state index in [4.69, 9.17) is 21.1 Å². The van der Waals surface area contributed by atoms with Crippen molar-refractivity contribution in [1.82, 2.24) is 10.6 Å². The lowest BCUT2D eigenvalue weighted by atomic mass is 10.0. The van der Waals surface area contributed by atoms with E-state index in [-0.39, 0.29) is 54.0 Å². The summed E-state index contributed by atoms with van der Waals surface area (Å²) in [7, 11) is 0. The summed E-state index contributed by atoms with van der Waals surface area (Å²) in [4.78, 5) is 24.5. The molecule has 2 atom stereocenters. The molecule has 2 aliphatic heterocycles. The SMILES string of the molecule is O=C(COc1ccc(Cl)c(F)c1)N[C@@H]1CC[C@@H](C(=O)NCc2ccc3c(c2)OC(F)(F)O3)OC1. The van der Waals surface area contributed by atoms with Crippen LogP contribution in [0.1, 0.15) is 18.4 Å². The number of halogens is 4. The van der Waals surface area contributed by atoms with Gasteiger partial charge in [0.2, 0.25) is 5.91 Å². The predicted octanol–water partition coefficient (Wildman–Crippen LogP) is 3.16. The zero-order valence-electron chi connectivity index (χ0n) is 17.6. The predicted molar refractivity (Wildman–Crippen MR) is 112 cm³/mol. The van der Waals surface area contributed by atoms with Gasteiger partial charge in [0.1, 0.15) is 17.7 Å². The second-order valence-electron chi connectivity index (χ2n) is 7.69. The molecule has 2 aromatic rings. The van der Waals surface area contributed by atoms with E-state index in [1.165, 1.54) is 30.3 Å². The molecule has 34 heavy (non-hydrogen) atoms. The number of hydrogen-bond acceptors (Lipinski definition) is 6. The smallest absolute Gasteiger partial charge is 0.484 e. The number of alkyl halides is 2. The molecule has 12 heteroatoms.